The van der Waals surface area contributed by atoms with Gasteiger partial charge < -0.3 is 0 Å². The Morgan fingerprint density at radius 1 is 0.561 bits per heavy atom. The number of pyridine rings is 1. The molecule has 1 heteroatoms. The lowest BCUT2D eigenvalue weighted by Crippen LogP contribution is -2.32. The van der Waals surface area contributed by atoms with Crippen molar-refractivity contribution >= 4 is 10.9 Å². The zero-order valence-corrected chi connectivity index (χ0v) is 24.6. The molecular formula is C40H36N+. The summed E-state index contributed by atoms with van der Waals surface area (Å²) < 4.78 is 2.42. The Bertz CT molecular complexity index is 1970. The van der Waals surface area contributed by atoms with Gasteiger partial charge in [0.1, 0.15) is 7.05 Å². The van der Waals surface area contributed by atoms with Crippen LogP contribution in [0.4, 0.5) is 0 Å². The number of aromatic nitrogens is 1. The Hall–Kier alpha value is -4.49. The highest BCUT2D eigenvalue weighted by atomic mass is 14.9. The van der Waals surface area contributed by atoms with E-state index in [1.807, 2.05) is 0 Å². The zero-order valence-electron chi connectivity index (χ0n) is 24.6. The van der Waals surface area contributed by atoms with E-state index in [1.165, 1.54) is 83.4 Å². The second-order valence-electron chi connectivity index (χ2n) is 12.0. The first-order valence-corrected chi connectivity index (χ1v) is 14.8. The molecule has 0 unspecified atom stereocenters. The number of rotatable bonds is 3. The summed E-state index contributed by atoms with van der Waals surface area (Å²) in [5.41, 5.74) is 18.2. The fourth-order valence-electron chi connectivity index (χ4n) is 6.93. The minimum Gasteiger partial charge on any atom is -0.194 e. The van der Waals surface area contributed by atoms with E-state index >= 15 is 0 Å². The molecule has 200 valence electrons. The quantitative estimate of drug-likeness (QED) is 0.200. The van der Waals surface area contributed by atoms with Crippen LogP contribution in [0.15, 0.2) is 109 Å². The lowest BCUT2D eigenvalue weighted by molar-refractivity contribution is -0.633. The van der Waals surface area contributed by atoms with Gasteiger partial charge >= 0.3 is 0 Å². The van der Waals surface area contributed by atoms with Crippen LogP contribution in [-0.4, -0.2) is 0 Å². The monoisotopic (exact) mass is 530 g/mol. The van der Waals surface area contributed by atoms with Gasteiger partial charge in [-0.25, -0.2) is 0 Å². The van der Waals surface area contributed by atoms with E-state index < -0.39 is 0 Å². The van der Waals surface area contributed by atoms with E-state index in [-0.39, 0.29) is 0 Å². The van der Waals surface area contributed by atoms with Gasteiger partial charge in [-0.15, -0.1) is 0 Å². The van der Waals surface area contributed by atoms with Crippen molar-refractivity contribution in [2.75, 3.05) is 0 Å². The fourth-order valence-corrected chi connectivity index (χ4v) is 6.93. The summed E-state index contributed by atoms with van der Waals surface area (Å²) in [6, 6.07) is 40.7. The maximum Gasteiger partial charge on any atom is 0.213 e. The molecule has 0 bridgehead atoms. The van der Waals surface area contributed by atoms with Crippen molar-refractivity contribution in [3.05, 3.63) is 126 Å². The maximum absolute atomic E-state index is 2.42. The van der Waals surface area contributed by atoms with Gasteiger partial charge in [-0.3, -0.25) is 0 Å². The van der Waals surface area contributed by atoms with Crippen molar-refractivity contribution in [3.63, 3.8) is 0 Å². The highest BCUT2D eigenvalue weighted by molar-refractivity contribution is 6.07. The molecule has 41 heavy (non-hydrogen) atoms. The van der Waals surface area contributed by atoms with Gasteiger partial charge in [0.2, 0.25) is 11.2 Å². The van der Waals surface area contributed by atoms with Crippen LogP contribution in [-0.2, 0) is 13.5 Å². The van der Waals surface area contributed by atoms with E-state index in [0.717, 1.165) is 6.42 Å². The summed E-state index contributed by atoms with van der Waals surface area (Å²) in [7, 11) is 2.24. The third-order valence-corrected chi connectivity index (χ3v) is 8.96. The molecule has 1 heterocycles. The van der Waals surface area contributed by atoms with Crippen LogP contribution in [0.5, 0.6) is 0 Å². The highest BCUT2D eigenvalue weighted by Crippen LogP contribution is 2.51. The summed E-state index contributed by atoms with van der Waals surface area (Å²) in [5, 5.41) is 1.35. The summed E-state index contributed by atoms with van der Waals surface area (Å²) in [6.45, 7) is 9.16. The number of benzene rings is 5. The van der Waals surface area contributed by atoms with Gasteiger partial charge in [0.05, 0.1) is 5.56 Å². The van der Waals surface area contributed by atoms with Gasteiger partial charge in [0, 0.05) is 23.1 Å². The summed E-state index contributed by atoms with van der Waals surface area (Å²) in [4.78, 5) is 0. The van der Waals surface area contributed by atoms with Crippen molar-refractivity contribution in [2.24, 2.45) is 13.0 Å². The van der Waals surface area contributed by atoms with Crippen molar-refractivity contribution in [1.82, 2.24) is 0 Å². The van der Waals surface area contributed by atoms with E-state index in [0.29, 0.717) is 5.92 Å². The summed E-state index contributed by atoms with van der Waals surface area (Å²) in [6.07, 6.45) is 1.08. The van der Waals surface area contributed by atoms with Gasteiger partial charge in [0.25, 0.3) is 0 Å². The molecule has 0 amide bonds. The zero-order chi connectivity index (χ0) is 28.2. The number of fused-ring (bicyclic) bond motifs is 9. The first-order chi connectivity index (χ1) is 19.9. The van der Waals surface area contributed by atoms with Crippen LogP contribution < -0.4 is 4.57 Å². The number of nitrogens with zero attached hydrogens (tertiary/aromatic N) is 1. The Labute approximate surface area is 243 Å². The third-order valence-electron chi connectivity index (χ3n) is 8.96. The molecule has 5 aromatic carbocycles. The van der Waals surface area contributed by atoms with Gasteiger partial charge in [-0.2, -0.15) is 4.57 Å². The Morgan fingerprint density at radius 2 is 1.10 bits per heavy atom. The fraction of sp³-hybridized carbons (Fsp3) is 0.175. The van der Waals surface area contributed by atoms with Gasteiger partial charge in [-0.05, 0) is 87.9 Å². The molecule has 1 aliphatic carbocycles. The second kappa shape index (κ2) is 9.85. The van der Waals surface area contributed by atoms with Gasteiger partial charge in [0.15, 0.2) is 0 Å². The van der Waals surface area contributed by atoms with E-state index in [4.69, 9.17) is 0 Å². The molecule has 1 nitrogen and oxygen atoms in total. The standard InChI is InChI=1S/C40H36N/c1-25(2)23-28-13-12-20-37-29(28)21-22-38(41(37)5)39-27(4)26(3)24-36-34-18-9-8-16-32(34)30-14-6-7-15-31(30)33-17-10-11-19-35(33)40(36)39/h6-22,24-25H,23H2,1-5H3/q+1. The van der Waals surface area contributed by atoms with Crippen molar-refractivity contribution in [1.29, 1.82) is 0 Å². The molecule has 1 aliphatic rings. The van der Waals surface area contributed by atoms with E-state index in [2.05, 4.69) is 149 Å². The van der Waals surface area contributed by atoms with Crippen LogP contribution in [0.1, 0.15) is 30.5 Å². The van der Waals surface area contributed by atoms with Crippen molar-refractivity contribution in [2.45, 2.75) is 34.1 Å². The van der Waals surface area contributed by atoms with Crippen LogP contribution in [0.2, 0.25) is 0 Å². The molecule has 0 atom stereocenters. The molecule has 0 N–H and O–H groups in total. The molecule has 0 saturated carbocycles. The Balaban J connectivity index is 1.62. The smallest absolute Gasteiger partial charge is 0.194 e. The maximum atomic E-state index is 2.42. The first kappa shape index (κ1) is 25.5. The minimum absolute atomic E-state index is 0.615. The topological polar surface area (TPSA) is 3.88 Å². The van der Waals surface area contributed by atoms with E-state index in [9.17, 15) is 0 Å². The minimum atomic E-state index is 0.615. The van der Waals surface area contributed by atoms with Crippen molar-refractivity contribution in [3.8, 4) is 55.8 Å². The Kier molecular flexibility index (Phi) is 6.12. The molecular weight excluding hydrogens is 494 g/mol. The summed E-state index contributed by atoms with van der Waals surface area (Å²) in [5.74, 6) is 0.615. The molecule has 0 radical (unpaired) electrons. The van der Waals surface area contributed by atoms with Crippen LogP contribution in [0.25, 0.3) is 66.7 Å². The van der Waals surface area contributed by atoms with Crippen LogP contribution >= 0.6 is 0 Å². The predicted molar refractivity (Wildman–Crippen MR) is 174 cm³/mol. The van der Waals surface area contributed by atoms with Crippen molar-refractivity contribution < 1.29 is 4.57 Å². The molecule has 0 spiro atoms. The SMILES string of the molecule is Cc1cc2c(c(-c3ccc4c(CC(C)C)cccc4[n+]3C)c1C)-c1ccccc1-c1ccccc1-c1ccccc1-2. The predicted octanol–water partition coefficient (Wildman–Crippen LogP) is 10.1. The molecule has 0 fully saturated rings. The highest BCUT2D eigenvalue weighted by Gasteiger charge is 2.29. The average molecular weight is 531 g/mol. The van der Waals surface area contributed by atoms with Crippen LogP contribution in [0.3, 0.4) is 0 Å². The molecule has 6 aromatic rings. The lowest BCUT2D eigenvalue weighted by Gasteiger charge is -2.26. The third kappa shape index (κ3) is 4.03. The normalized spacial score (nSPS) is 11.9. The molecule has 1 aromatic heterocycles. The largest absolute Gasteiger partial charge is 0.213 e. The molecule has 7 rings (SSSR count). The number of aryl methyl sites for hydroxylation is 2. The lowest BCUT2D eigenvalue weighted by atomic mass is 9.77. The summed E-state index contributed by atoms with van der Waals surface area (Å²) >= 11 is 0. The average Bonchev–Trinajstić information content (AvgIpc) is 2.98. The van der Waals surface area contributed by atoms with E-state index in [1.54, 1.807) is 0 Å². The van der Waals surface area contributed by atoms with Gasteiger partial charge in [-0.1, -0.05) is 105 Å². The molecule has 0 saturated heterocycles. The number of hydrogen-bond donors (Lipinski definition) is 0. The number of hydrogen-bond acceptors (Lipinski definition) is 0. The van der Waals surface area contributed by atoms with Crippen LogP contribution in [0, 0.1) is 19.8 Å². The first-order valence-electron chi connectivity index (χ1n) is 14.8. The Morgan fingerprint density at radius 3 is 1.68 bits per heavy atom. The second-order valence-corrected chi connectivity index (χ2v) is 12.0. The molecule has 0 aliphatic heterocycles.